The summed E-state index contributed by atoms with van der Waals surface area (Å²) in [5.41, 5.74) is -1.76. The highest BCUT2D eigenvalue weighted by Gasteiger charge is 2.63. The summed E-state index contributed by atoms with van der Waals surface area (Å²) in [6.07, 6.45) is -4.36. The van der Waals surface area contributed by atoms with E-state index >= 15 is 0 Å². The monoisotopic (exact) mass is 334 g/mol. The summed E-state index contributed by atoms with van der Waals surface area (Å²) in [5, 5.41) is 2.81. The molecule has 1 fully saturated rings. The number of nitrogens with one attached hydrogen (secondary N) is 2. The van der Waals surface area contributed by atoms with Gasteiger partial charge in [-0.25, -0.2) is 4.79 Å². The van der Waals surface area contributed by atoms with Crippen molar-refractivity contribution < 1.29 is 32.2 Å². The van der Waals surface area contributed by atoms with Crippen LogP contribution in [0.1, 0.15) is 30.3 Å². The van der Waals surface area contributed by atoms with E-state index in [9.17, 15) is 22.8 Å². The van der Waals surface area contributed by atoms with Gasteiger partial charge in [0.05, 0.1) is 18.9 Å². The second-order valence-corrected chi connectivity index (χ2v) is 5.15. The van der Waals surface area contributed by atoms with Crippen molar-refractivity contribution in [3.8, 4) is 0 Å². The predicted octanol–water partition coefficient (Wildman–Crippen LogP) is 2.28. The van der Waals surface area contributed by atoms with E-state index in [0.29, 0.717) is 5.69 Å². The normalized spacial score (nSPS) is 16.8. The molecule has 23 heavy (non-hydrogen) atoms. The van der Waals surface area contributed by atoms with E-state index in [-0.39, 0.29) is 25.5 Å². The van der Waals surface area contributed by atoms with E-state index in [0.717, 1.165) is 0 Å². The van der Waals surface area contributed by atoms with Crippen molar-refractivity contribution in [1.82, 2.24) is 4.98 Å². The molecule has 1 aliphatic carbocycles. The number of halogens is 3. The topological polar surface area (TPSA) is 80.4 Å². The summed E-state index contributed by atoms with van der Waals surface area (Å²) in [6.45, 7) is 1.68. The Morgan fingerprint density at radius 1 is 1.43 bits per heavy atom. The number of hydrogen-bond acceptors (Lipinski definition) is 5. The third kappa shape index (κ3) is 3.66. The Morgan fingerprint density at radius 2 is 2.13 bits per heavy atom. The van der Waals surface area contributed by atoms with E-state index in [4.69, 9.17) is 9.47 Å². The molecule has 0 amide bonds. The van der Waals surface area contributed by atoms with Gasteiger partial charge in [-0.3, -0.25) is 4.79 Å². The van der Waals surface area contributed by atoms with Crippen molar-refractivity contribution in [2.75, 3.05) is 25.1 Å². The molecule has 9 heteroatoms. The van der Waals surface area contributed by atoms with Crippen molar-refractivity contribution in [3.05, 3.63) is 18.0 Å². The van der Waals surface area contributed by atoms with Crippen LogP contribution >= 0.6 is 0 Å². The van der Waals surface area contributed by atoms with E-state index in [2.05, 4.69) is 10.3 Å². The molecular weight excluding hydrogens is 317 g/mol. The molecule has 6 nitrogen and oxygen atoms in total. The third-order valence-corrected chi connectivity index (χ3v) is 3.50. The minimum Gasteiger partial charge on any atom is -0.461 e. The fourth-order valence-electron chi connectivity index (χ4n) is 2.29. The Labute approximate surface area is 130 Å². The number of esters is 1. The van der Waals surface area contributed by atoms with Crippen LogP contribution in [-0.2, 0) is 14.3 Å². The standard InChI is InChI=1S/C14H17F3N2O4/c1-2-22-12(21)11-10(3-4-19-11)18-5-6-23-13(14(15,16)17)7-9(20)8-13/h3-4,18-19H,2,5-8H2,1H3. The number of rotatable bonds is 7. The summed E-state index contributed by atoms with van der Waals surface area (Å²) < 4.78 is 48.5. The van der Waals surface area contributed by atoms with Crippen LogP contribution in [0.5, 0.6) is 0 Å². The van der Waals surface area contributed by atoms with Gasteiger partial charge in [-0.15, -0.1) is 0 Å². The Kier molecular flexibility index (Phi) is 4.98. The average molecular weight is 334 g/mol. The van der Waals surface area contributed by atoms with Crippen molar-refractivity contribution in [3.63, 3.8) is 0 Å². The molecule has 0 unspecified atom stereocenters. The van der Waals surface area contributed by atoms with Crippen LogP contribution in [0.3, 0.4) is 0 Å². The molecule has 0 bridgehead atoms. The van der Waals surface area contributed by atoms with Crippen LogP contribution in [-0.4, -0.2) is 48.3 Å². The molecular formula is C14H17F3N2O4. The van der Waals surface area contributed by atoms with Gasteiger partial charge in [-0.05, 0) is 13.0 Å². The van der Waals surface area contributed by atoms with Crippen molar-refractivity contribution in [2.45, 2.75) is 31.5 Å². The van der Waals surface area contributed by atoms with Crippen molar-refractivity contribution in [2.24, 2.45) is 0 Å². The maximum atomic E-state index is 12.9. The molecule has 0 saturated heterocycles. The van der Waals surface area contributed by atoms with Crippen LogP contribution in [0.2, 0.25) is 0 Å². The molecule has 1 aromatic heterocycles. The van der Waals surface area contributed by atoms with E-state index in [1.165, 1.54) is 6.20 Å². The number of ketones is 1. The SMILES string of the molecule is CCOC(=O)c1[nH]ccc1NCCOC1(C(F)(F)F)CC(=O)C1. The lowest BCUT2D eigenvalue weighted by Crippen LogP contribution is -2.58. The van der Waals surface area contributed by atoms with Gasteiger partial charge in [-0.1, -0.05) is 0 Å². The highest BCUT2D eigenvalue weighted by Crippen LogP contribution is 2.46. The molecule has 1 heterocycles. The Bertz CT molecular complexity index is 575. The van der Waals surface area contributed by atoms with Crippen LogP contribution in [0.4, 0.5) is 18.9 Å². The number of hydrogen-bond donors (Lipinski definition) is 2. The second kappa shape index (κ2) is 6.61. The number of aromatic nitrogens is 1. The van der Waals surface area contributed by atoms with Crippen LogP contribution in [0.25, 0.3) is 0 Å². The third-order valence-electron chi connectivity index (χ3n) is 3.50. The van der Waals surface area contributed by atoms with E-state index in [1.54, 1.807) is 13.0 Å². The number of anilines is 1. The smallest absolute Gasteiger partial charge is 0.418 e. The van der Waals surface area contributed by atoms with Gasteiger partial charge in [-0.2, -0.15) is 13.2 Å². The first-order chi connectivity index (χ1) is 10.8. The van der Waals surface area contributed by atoms with E-state index < -0.39 is 36.4 Å². The molecule has 0 aromatic carbocycles. The van der Waals surface area contributed by atoms with Crippen molar-refractivity contribution in [1.29, 1.82) is 0 Å². The van der Waals surface area contributed by atoms with Crippen LogP contribution < -0.4 is 5.32 Å². The maximum absolute atomic E-state index is 12.9. The summed E-state index contributed by atoms with van der Waals surface area (Å²) in [7, 11) is 0. The van der Waals surface area contributed by atoms with Crippen molar-refractivity contribution >= 4 is 17.4 Å². The van der Waals surface area contributed by atoms with Crippen LogP contribution in [0, 0.1) is 0 Å². The fourth-order valence-corrected chi connectivity index (χ4v) is 2.29. The number of Topliss-reactive ketones (excluding diaryl/α,β-unsaturated/α-hetero) is 1. The Balaban J connectivity index is 1.85. The quantitative estimate of drug-likeness (QED) is 0.591. The molecule has 2 N–H and O–H groups in total. The molecule has 0 aliphatic heterocycles. The zero-order valence-corrected chi connectivity index (χ0v) is 12.5. The van der Waals surface area contributed by atoms with Gasteiger partial charge in [0.15, 0.2) is 5.60 Å². The number of carbonyl (C=O) groups excluding carboxylic acids is 2. The number of alkyl halides is 3. The Hall–Kier alpha value is -2.03. The number of aromatic amines is 1. The predicted molar refractivity (Wildman–Crippen MR) is 74.2 cm³/mol. The molecule has 2 rings (SSSR count). The van der Waals surface area contributed by atoms with Gasteiger partial charge >= 0.3 is 12.1 Å². The Morgan fingerprint density at radius 3 is 2.70 bits per heavy atom. The molecule has 1 aliphatic rings. The lowest BCUT2D eigenvalue weighted by molar-refractivity contribution is -0.291. The zero-order chi connectivity index (χ0) is 17.1. The number of H-pyrrole nitrogens is 1. The fraction of sp³-hybridized carbons (Fsp3) is 0.571. The molecule has 1 saturated carbocycles. The molecule has 0 radical (unpaired) electrons. The maximum Gasteiger partial charge on any atom is 0.418 e. The van der Waals surface area contributed by atoms with Gasteiger partial charge in [0.2, 0.25) is 0 Å². The first-order valence-corrected chi connectivity index (χ1v) is 7.10. The minimum atomic E-state index is -4.58. The molecule has 128 valence electrons. The second-order valence-electron chi connectivity index (χ2n) is 5.15. The minimum absolute atomic E-state index is 0.0519. The average Bonchev–Trinajstić information content (AvgIpc) is 2.88. The summed E-state index contributed by atoms with van der Waals surface area (Å²) in [5.74, 6) is -1.03. The lowest BCUT2D eigenvalue weighted by Gasteiger charge is -2.41. The van der Waals surface area contributed by atoms with Gasteiger partial charge < -0.3 is 19.8 Å². The molecule has 1 aromatic rings. The summed E-state index contributed by atoms with van der Waals surface area (Å²) in [6, 6.07) is 1.57. The van der Waals surface area contributed by atoms with Gasteiger partial charge in [0, 0.05) is 25.6 Å². The summed E-state index contributed by atoms with van der Waals surface area (Å²) >= 11 is 0. The highest BCUT2D eigenvalue weighted by molar-refractivity contribution is 5.93. The zero-order valence-electron chi connectivity index (χ0n) is 12.5. The molecule has 0 atom stereocenters. The largest absolute Gasteiger partial charge is 0.461 e. The summed E-state index contributed by atoms with van der Waals surface area (Å²) in [4.78, 5) is 25.2. The number of ether oxygens (including phenoxy) is 2. The van der Waals surface area contributed by atoms with Crippen LogP contribution in [0.15, 0.2) is 12.3 Å². The van der Waals surface area contributed by atoms with Gasteiger partial charge in [0.1, 0.15) is 11.5 Å². The van der Waals surface area contributed by atoms with Gasteiger partial charge in [0.25, 0.3) is 0 Å². The highest BCUT2D eigenvalue weighted by atomic mass is 19.4. The molecule has 0 spiro atoms. The lowest BCUT2D eigenvalue weighted by atomic mass is 9.78. The number of carbonyl (C=O) groups is 2. The van der Waals surface area contributed by atoms with E-state index in [1.807, 2.05) is 0 Å². The first-order valence-electron chi connectivity index (χ1n) is 7.10. The first kappa shape index (κ1) is 17.3.